The normalized spacial score (nSPS) is 32.9. The van der Waals surface area contributed by atoms with Gasteiger partial charge in [0, 0.05) is 24.8 Å². The van der Waals surface area contributed by atoms with Crippen LogP contribution in [-0.2, 0) is 19.1 Å². The fourth-order valence-electron chi connectivity index (χ4n) is 8.47. The van der Waals surface area contributed by atoms with E-state index in [2.05, 4.69) is 20.1 Å². The zero-order chi connectivity index (χ0) is 30.2. The molecule has 3 unspecified atom stereocenters. The molecular weight excluding hydrogens is 530 g/mol. The van der Waals surface area contributed by atoms with Crippen molar-refractivity contribution in [2.75, 3.05) is 24.6 Å². The Morgan fingerprint density at radius 1 is 1.12 bits per heavy atom. The van der Waals surface area contributed by atoms with E-state index in [9.17, 15) is 19.5 Å². The molecule has 5 rings (SSSR count). The van der Waals surface area contributed by atoms with Gasteiger partial charge in [-0.25, -0.2) is 0 Å². The van der Waals surface area contributed by atoms with Crippen molar-refractivity contribution in [3.05, 3.63) is 55.6 Å². The fourth-order valence-corrected chi connectivity index (χ4v) is 8.47. The lowest BCUT2D eigenvalue weighted by atomic mass is 9.62. The third-order valence-electron chi connectivity index (χ3n) is 10.6. The van der Waals surface area contributed by atoms with Crippen LogP contribution in [0.5, 0.6) is 0 Å². The highest BCUT2D eigenvalue weighted by molar-refractivity contribution is 6.03. The first kappa shape index (κ1) is 30.5. The first-order valence-electron chi connectivity index (χ1n) is 15.7. The SMILES string of the molecule is C=CCN(C(=O)[C@H]1[C@H]2C(=O)N([C@@H](CC)CO)C(C(=O)N(CC=C)C3CCCCC3)C23CC(C)[C@]1(C)O3)c1ccccc1. The van der Waals surface area contributed by atoms with E-state index in [1.807, 2.05) is 49.1 Å². The van der Waals surface area contributed by atoms with Crippen molar-refractivity contribution in [2.45, 2.75) is 95.0 Å². The summed E-state index contributed by atoms with van der Waals surface area (Å²) in [4.78, 5) is 49.2. The summed E-state index contributed by atoms with van der Waals surface area (Å²) in [5.74, 6) is -2.29. The Bertz CT molecular complexity index is 1190. The number of fused-ring (bicyclic) bond motifs is 1. The number of hydrogen-bond acceptors (Lipinski definition) is 5. The molecule has 3 heterocycles. The summed E-state index contributed by atoms with van der Waals surface area (Å²) in [6.45, 7) is 14.1. The highest BCUT2D eigenvalue weighted by Crippen LogP contribution is 2.66. The van der Waals surface area contributed by atoms with Crippen molar-refractivity contribution in [3.63, 3.8) is 0 Å². The van der Waals surface area contributed by atoms with E-state index in [0.29, 0.717) is 19.4 Å². The number of aliphatic hydroxyl groups is 1. The lowest BCUT2D eigenvalue weighted by Gasteiger charge is -2.42. The minimum absolute atomic E-state index is 0.0658. The number of nitrogens with zero attached hydrogens (tertiary/aromatic N) is 3. The highest BCUT2D eigenvalue weighted by Gasteiger charge is 2.80. The Kier molecular flexibility index (Phi) is 8.68. The number of hydrogen-bond donors (Lipinski definition) is 1. The van der Waals surface area contributed by atoms with Crippen LogP contribution in [-0.4, -0.2) is 81.7 Å². The number of likely N-dealkylation sites (tertiary alicyclic amines) is 1. The molecule has 1 aromatic carbocycles. The smallest absolute Gasteiger partial charge is 0.248 e. The molecule has 4 aliphatic rings. The lowest BCUT2D eigenvalue weighted by Crippen LogP contribution is -2.60. The van der Waals surface area contributed by atoms with Gasteiger partial charge < -0.3 is 24.5 Å². The maximum Gasteiger partial charge on any atom is 0.248 e. The molecule has 8 heteroatoms. The van der Waals surface area contributed by atoms with Gasteiger partial charge in [0.05, 0.1) is 30.1 Å². The molecule has 1 aliphatic carbocycles. The summed E-state index contributed by atoms with van der Waals surface area (Å²) in [6.07, 6.45) is 9.52. The third-order valence-corrected chi connectivity index (χ3v) is 10.6. The third kappa shape index (κ3) is 4.62. The molecule has 2 bridgehead atoms. The molecule has 0 aromatic heterocycles. The predicted octanol–water partition coefficient (Wildman–Crippen LogP) is 4.33. The minimum atomic E-state index is -1.16. The van der Waals surface area contributed by atoms with Gasteiger partial charge >= 0.3 is 0 Å². The molecule has 8 nitrogen and oxygen atoms in total. The molecular formula is C34H47N3O5. The standard InChI is InChI=1S/C34H47N3O5/c1-6-19-35(25-15-11-9-12-16-25)30(39)27-28-31(40)37(24(8-3)22-38)29(34(28)21-23(4)33(27,5)42-34)32(41)36(20-7-2)26-17-13-10-14-18-26/h6-7,9,11-12,15-16,23-24,26-29,38H,1-2,8,10,13-14,17-22H2,3-5H3/t23?,24-,27+,28-,29?,33-,34?/m0/s1. The molecule has 1 saturated carbocycles. The van der Waals surface area contributed by atoms with Crippen LogP contribution >= 0.6 is 0 Å². The van der Waals surface area contributed by atoms with Gasteiger partial charge in [-0.2, -0.15) is 0 Å². The Labute approximate surface area is 250 Å². The van der Waals surface area contributed by atoms with Gasteiger partial charge in [0.25, 0.3) is 0 Å². The van der Waals surface area contributed by atoms with E-state index in [4.69, 9.17) is 4.74 Å². The predicted molar refractivity (Wildman–Crippen MR) is 163 cm³/mol. The highest BCUT2D eigenvalue weighted by atomic mass is 16.5. The number of benzene rings is 1. The van der Waals surface area contributed by atoms with Gasteiger partial charge in [-0.05, 0) is 50.7 Å². The minimum Gasteiger partial charge on any atom is -0.394 e. The van der Waals surface area contributed by atoms with Gasteiger partial charge in [-0.1, -0.05) is 63.5 Å². The van der Waals surface area contributed by atoms with E-state index < -0.39 is 35.1 Å². The quantitative estimate of drug-likeness (QED) is 0.396. The monoisotopic (exact) mass is 577 g/mol. The molecule has 7 atom stereocenters. The Hall–Kier alpha value is -2.97. The van der Waals surface area contributed by atoms with Crippen molar-refractivity contribution in [3.8, 4) is 0 Å². The van der Waals surface area contributed by atoms with Crippen molar-refractivity contribution < 1.29 is 24.2 Å². The van der Waals surface area contributed by atoms with Crippen molar-refractivity contribution >= 4 is 23.4 Å². The summed E-state index contributed by atoms with van der Waals surface area (Å²) in [5.41, 5.74) is -1.36. The molecule has 4 fully saturated rings. The summed E-state index contributed by atoms with van der Waals surface area (Å²) in [7, 11) is 0. The summed E-state index contributed by atoms with van der Waals surface area (Å²) in [5, 5.41) is 10.4. The first-order valence-corrected chi connectivity index (χ1v) is 15.7. The van der Waals surface area contributed by atoms with E-state index in [1.54, 1.807) is 22.0 Å². The second kappa shape index (κ2) is 12.0. The van der Waals surface area contributed by atoms with E-state index in [-0.39, 0.29) is 42.8 Å². The summed E-state index contributed by atoms with van der Waals surface area (Å²) >= 11 is 0. The maximum atomic E-state index is 14.8. The Balaban J connectivity index is 1.62. The number of para-hydroxylation sites is 1. The molecule has 3 amide bonds. The van der Waals surface area contributed by atoms with Crippen LogP contribution in [0.4, 0.5) is 5.69 Å². The number of anilines is 1. The number of aliphatic hydroxyl groups excluding tert-OH is 1. The van der Waals surface area contributed by atoms with Crippen LogP contribution in [0, 0.1) is 17.8 Å². The van der Waals surface area contributed by atoms with E-state index >= 15 is 0 Å². The molecule has 42 heavy (non-hydrogen) atoms. The van der Waals surface area contributed by atoms with Gasteiger partial charge in [0.1, 0.15) is 11.6 Å². The van der Waals surface area contributed by atoms with Gasteiger partial charge in [-0.3, -0.25) is 14.4 Å². The average molecular weight is 578 g/mol. The fraction of sp³-hybridized carbons (Fsp3) is 0.618. The number of carbonyl (C=O) groups is 3. The summed E-state index contributed by atoms with van der Waals surface area (Å²) in [6, 6.07) is 8.01. The number of amides is 3. The molecule has 0 radical (unpaired) electrons. The van der Waals surface area contributed by atoms with Crippen LogP contribution in [0.2, 0.25) is 0 Å². The Morgan fingerprint density at radius 2 is 1.79 bits per heavy atom. The van der Waals surface area contributed by atoms with Crippen LogP contribution in [0.1, 0.15) is 65.7 Å². The van der Waals surface area contributed by atoms with Crippen LogP contribution in [0.15, 0.2) is 55.6 Å². The Morgan fingerprint density at radius 3 is 2.38 bits per heavy atom. The van der Waals surface area contributed by atoms with E-state index in [1.165, 1.54) is 0 Å². The van der Waals surface area contributed by atoms with E-state index in [0.717, 1.165) is 37.8 Å². The van der Waals surface area contributed by atoms with Crippen LogP contribution < -0.4 is 4.90 Å². The molecule has 1 aromatic rings. The van der Waals surface area contributed by atoms with Crippen LogP contribution in [0.25, 0.3) is 0 Å². The number of ether oxygens (including phenoxy) is 1. The average Bonchev–Trinajstić information content (AvgIpc) is 3.52. The largest absolute Gasteiger partial charge is 0.394 e. The lowest BCUT2D eigenvalue weighted by molar-refractivity contribution is -0.157. The molecule has 228 valence electrons. The van der Waals surface area contributed by atoms with Crippen LogP contribution in [0.3, 0.4) is 0 Å². The zero-order valence-electron chi connectivity index (χ0n) is 25.4. The van der Waals surface area contributed by atoms with Gasteiger partial charge in [0.15, 0.2) is 0 Å². The van der Waals surface area contributed by atoms with Crippen molar-refractivity contribution in [1.29, 1.82) is 0 Å². The van der Waals surface area contributed by atoms with Crippen molar-refractivity contribution in [1.82, 2.24) is 9.80 Å². The first-order chi connectivity index (χ1) is 20.2. The molecule has 3 aliphatic heterocycles. The second-order valence-electron chi connectivity index (χ2n) is 12.8. The molecule has 1 spiro atoms. The number of rotatable bonds is 11. The second-order valence-corrected chi connectivity index (χ2v) is 12.8. The van der Waals surface area contributed by atoms with Gasteiger partial charge in [-0.15, -0.1) is 13.2 Å². The molecule has 3 saturated heterocycles. The molecule has 1 N–H and O–H groups in total. The van der Waals surface area contributed by atoms with Gasteiger partial charge in [0.2, 0.25) is 17.7 Å². The number of carbonyl (C=O) groups excluding carboxylic acids is 3. The summed E-state index contributed by atoms with van der Waals surface area (Å²) < 4.78 is 6.98. The maximum absolute atomic E-state index is 14.8. The van der Waals surface area contributed by atoms with Crippen molar-refractivity contribution in [2.24, 2.45) is 17.8 Å². The zero-order valence-corrected chi connectivity index (χ0v) is 25.4. The topological polar surface area (TPSA) is 90.4 Å².